The van der Waals surface area contributed by atoms with E-state index >= 15 is 0 Å². The number of furan rings is 1. The molecule has 0 spiro atoms. The molecule has 26 heavy (non-hydrogen) atoms. The van der Waals surface area contributed by atoms with Crippen LogP contribution in [-0.4, -0.2) is 23.8 Å². The molecular formula is C19H18ClN3O3. The van der Waals surface area contributed by atoms with Crippen LogP contribution >= 0.6 is 11.6 Å². The molecule has 0 bridgehead atoms. The Morgan fingerprint density at radius 3 is 2.88 bits per heavy atom. The number of halogens is 1. The van der Waals surface area contributed by atoms with Crippen molar-refractivity contribution in [2.24, 2.45) is 12.1 Å². The number of hydrazone groups is 1. The Morgan fingerprint density at radius 2 is 2.19 bits per heavy atom. The van der Waals surface area contributed by atoms with Gasteiger partial charge in [0, 0.05) is 24.5 Å². The van der Waals surface area contributed by atoms with Crippen molar-refractivity contribution in [1.82, 2.24) is 9.99 Å². The van der Waals surface area contributed by atoms with Crippen LogP contribution in [0.25, 0.3) is 11.3 Å². The van der Waals surface area contributed by atoms with E-state index < -0.39 is 0 Å². The molecule has 3 rings (SSSR count). The van der Waals surface area contributed by atoms with Gasteiger partial charge in [-0.2, -0.15) is 5.10 Å². The zero-order valence-electron chi connectivity index (χ0n) is 14.4. The zero-order valence-corrected chi connectivity index (χ0v) is 15.2. The standard InChI is InChI=1S/C19H18ClN3O3/c1-23-9-3-4-14(23)11-19(24)22-21-12-15-6-8-17(26-15)13-5-7-18(25-2)16(20)10-13/h3-10,12H,11H2,1-2H3,(H,22,24)/b21-12-. The number of hydrogen-bond acceptors (Lipinski definition) is 4. The number of hydrogen-bond donors (Lipinski definition) is 1. The number of benzene rings is 1. The second-order valence-corrected chi connectivity index (χ2v) is 6.04. The first-order valence-electron chi connectivity index (χ1n) is 7.92. The molecule has 134 valence electrons. The lowest BCUT2D eigenvalue weighted by Gasteiger charge is -2.04. The number of ether oxygens (including phenoxy) is 1. The van der Waals surface area contributed by atoms with Crippen molar-refractivity contribution >= 4 is 23.7 Å². The maximum atomic E-state index is 11.9. The van der Waals surface area contributed by atoms with E-state index in [1.165, 1.54) is 6.21 Å². The first-order valence-corrected chi connectivity index (χ1v) is 8.30. The van der Waals surface area contributed by atoms with E-state index in [4.69, 9.17) is 20.8 Å². The van der Waals surface area contributed by atoms with E-state index in [-0.39, 0.29) is 12.3 Å². The van der Waals surface area contributed by atoms with Crippen LogP contribution in [0.1, 0.15) is 11.5 Å². The minimum atomic E-state index is -0.197. The maximum absolute atomic E-state index is 11.9. The lowest BCUT2D eigenvalue weighted by Crippen LogP contribution is -2.20. The second-order valence-electron chi connectivity index (χ2n) is 5.63. The summed E-state index contributed by atoms with van der Waals surface area (Å²) in [5.41, 5.74) is 4.22. The van der Waals surface area contributed by atoms with Gasteiger partial charge in [0.05, 0.1) is 24.8 Å². The Morgan fingerprint density at radius 1 is 1.35 bits per heavy atom. The second kappa shape index (κ2) is 7.93. The number of aryl methyl sites for hydroxylation is 1. The van der Waals surface area contributed by atoms with Crippen LogP contribution < -0.4 is 10.2 Å². The third-order valence-electron chi connectivity index (χ3n) is 3.84. The monoisotopic (exact) mass is 371 g/mol. The largest absolute Gasteiger partial charge is 0.495 e. The Balaban J connectivity index is 1.61. The third-order valence-corrected chi connectivity index (χ3v) is 4.13. The van der Waals surface area contributed by atoms with Crippen molar-refractivity contribution in [3.05, 3.63) is 65.1 Å². The van der Waals surface area contributed by atoms with Gasteiger partial charge in [-0.05, 0) is 42.5 Å². The van der Waals surface area contributed by atoms with Crippen molar-refractivity contribution in [3.8, 4) is 17.1 Å². The summed E-state index contributed by atoms with van der Waals surface area (Å²) in [6, 6.07) is 12.8. The quantitative estimate of drug-likeness (QED) is 0.531. The van der Waals surface area contributed by atoms with Crippen molar-refractivity contribution in [3.63, 3.8) is 0 Å². The molecule has 0 saturated heterocycles. The summed E-state index contributed by atoms with van der Waals surface area (Å²) in [5, 5.41) is 4.43. The van der Waals surface area contributed by atoms with E-state index in [2.05, 4.69) is 10.5 Å². The fourth-order valence-corrected chi connectivity index (χ4v) is 2.71. The van der Waals surface area contributed by atoms with Crippen LogP contribution in [0, 0.1) is 0 Å². The first-order chi connectivity index (χ1) is 12.6. The molecule has 2 heterocycles. The first kappa shape index (κ1) is 17.8. The lowest BCUT2D eigenvalue weighted by molar-refractivity contribution is -0.120. The predicted octanol–water partition coefficient (Wildman–Crippen LogP) is 3.64. The molecule has 7 heteroatoms. The normalized spacial score (nSPS) is 11.0. The molecule has 0 unspecified atom stereocenters. The van der Waals surface area contributed by atoms with Crippen molar-refractivity contribution in [1.29, 1.82) is 0 Å². The maximum Gasteiger partial charge on any atom is 0.245 e. The molecule has 0 aliphatic rings. The van der Waals surface area contributed by atoms with Gasteiger partial charge in [0.25, 0.3) is 0 Å². The average Bonchev–Trinajstić information content (AvgIpc) is 3.24. The van der Waals surface area contributed by atoms with Gasteiger partial charge in [-0.25, -0.2) is 5.43 Å². The van der Waals surface area contributed by atoms with E-state index in [1.54, 1.807) is 25.3 Å². The summed E-state index contributed by atoms with van der Waals surface area (Å²) in [6.45, 7) is 0. The number of methoxy groups -OCH3 is 1. The summed E-state index contributed by atoms with van der Waals surface area (Å²) in [4.78, 5) is 11.9. The number of carbonyl (C=O) groups is 1. The van der Waals surface area contributed by atoms with Gasteiger partial charge < -0.3 is 13.7 Å². The van der Waals surface area contributed by atoms with Crippen molar-refractivity contribution in [2.75, 3.05) is 7.11 Å². The summed E-state index contributed by atoms with van der Waals surface area (Å²) in [7, 11) is 3.45. The van der Waals surface area contributed by atoms with Gasteiger partial charge >= 0.3 is 0 Å². The molecule has 0 fully saturated rings. The van der Waals surface area contributed by atoms with Crippen LogP contribution in [0.15, 0.2) is 58.2 Å². The Bertz CT molecular complexity index is 943. The van der Waals surface area contributed by atoms with Gasteiger partial charge in [-0.15, -0.1) is 0 Å². The average molecular weight is 372 g/mol. The molecule has 1 aromatic carbocycles. The molecule has 1 amide bonds. The minimum Gasteiger partial charge on any atom is -0.495 e. The van der Waals surface area contributed by atoms with Gasteiger partial charge in [0.1, 0.15) is 17.3 Å². The molecular weight excluding hydrogens is 354 g/mol. The molecule has 2 aromatic heterocycles. The highest BCUT2D eigenvalue weighted by molar-refractivity contribution is 6.32. The van der Waals surface area contributed by atoms with Crippen molar-refractivity contribution < 1.29 is 13.9 Å². The summed E-state index contributed by atoms with van der Waals surface area (Å²) in [6.07, 6.45) is 3.60. The summed E-state index contributed by atoms with van der Waals surface area (Å²) < 4.78 is 12.7. The molecule has 6 nitrogen and oxygen atoms in total. The van der Waals surface area contributed by atoms with E-state index in [1.807, 2.05) is 42.1 Å². The third kappa shape index (κ3) is 4.15. The summed E-state index contributed by atoms with van der Waals surface area (Å²) in [5.74, 6) is 1.57. The van der Waals surface area contributed by atoms with E-state index in [9.17, 15) is 4.79 Å². The fourth-order valence-electron chi connectivity index (χ4n) is 2.45. The molecule has 0 radical (unpaired) electrons. The molecule has 0 aliphatic heterocycles. The van der Waals surface area contributed by atoms with Gasteiger partial charge in [-0.3, -0.25) is 4.79 Å². The van der Waals surface area contributed by atoms with Crippen LogP contribution in [0.3, 0.4) is 0 Å². The Kier molecular flexibility index (Phi) is 5.43. The number of amides is 1. The van der Waals surface area contributed by atoms with Gasteiger partial charge in [-0.1, -0.05) is 11.6 Å². The predicted molar refractivity (Wildman–Crippen MR) is 101 cm³/mol. The molecule has 1 N–H and O–H groups in total. The Hall–Kier alpha value is -2.99. The number of nitrogens with zero attached hydrogens (tertiary/aromatic N) is 2. The molecule has 0 atom stereocenters. The highest BCUT2D eigenvalue weighted by atomic mass is 35.5. The van der Waals surface area contributed by atoms with Crippen LogP contribution in [0.4, 0.5) is 0 Å². The molecule has 3 aromatic rings. The molecule has 0 saturated carbocycles. The minimum absolute atomic E-state index is 0.197. The summed E-state index contributed by atoms with van der Waals surface area (Å²) >= 11 is 6.13. The van der Waals surface area contributed by atoms with Gasteiger partial charge in [0.15, 0.2) is 0 Å². The highest BCUT2D eigenvalue weighted by Crippen LogP contribution is 2.30. The fraction of sp³-hybridized carbons (Fsp3) is 0.158. The number of carbonyl (C=O) groups excluding carboxylic acids is 1. The molecule has 0 aliphatic carbocycles. The van der Waals surface area contributed by atoms with Crippen LogP contribution in [-0.2, 0) is 18.3 Å². The van der Waals surface area contributed by atoms with E-state index in [0.717, 1.165) is 11.3 Å². The topological polar surface area (TPSA) is 68.8 Å². The van der Waals surface area contributed by atoms with Crippen LogP contribution in [0.5, 0.6) is 5.75 Å². The SMILES string of the molecule is COc1ccc(-c2ccc(/C=N\NC(=O)Cc3cccn3C)o2)cc1Cl. The Labute approximate surface area is 156 Å². The van der Waals surface area contributed by atoms with Crippen molar-refractivity contribution in [2.45, 2.75) is 6.42 Å². The number of rotatable bonds is 6. The smallest absolute Gasteiger partial charge is 0.245 e. The zero-order chi connectivity index (χ0) is 18.5. The van der Waals surface area contributed by atoms with E-state index in [0.29, 0.717) is 22.3 Å². The lowest BCUT2D eigenvalue weighted by atomic mass is 10.2. The highest BCUT2D eigenvalue weighted by Gasteiger charge is 2.08. The van der Waals surface area contributed by atoms with Crippen LogP contribution in [0.2, 0.25) is 5.02 Å². The number of aromatic nitrogens is 1. The number of nitrogens with one attached hydrogen (secondary N) is 1. The van der Waals surface area contributed by atoms with Gasteiger partial charge in [0.2, 0.25) is 5.91 Å².